The average Bonchev–Trinajstić information content (AvgIpc) is 2.39. The lowest BCUT2D eigenvalue weighted by atomic mass is 9.96. The van der Waals surface area contributed by atoms with Crippen LogP contribution in [0, 0.1) is 5.92 Å². The van der Waals surface area contributed by atoms with E-state index in [1.165, 1.54) is 12.8 Å². The van der Waals surface area contributed by atoms with Crippen LogP contribution in [0.15, 0.2) is 0 Å². The van der Waals surface area contributed by atoms with Crippen LogP contribution in [0.1, 0.15) is 67.2 Å². The molecule has 0 saturated carbocycles. The van der Waals surface area contributed by atoms with E-state index in [2.05, 4.69) is 26.1 Å². The maximum Gasteiger partial charge on any atom is 0.410 e. The molecule has 1 aliphatic rings. The molecule has 1 amide bonds. The normalized spacial score (nSPS) is 23.5. The largest absolute Gasteiger partial charge is 0.444 e. The first-order valence-corrected chi connectivity index (χ1v) is 8.51. The van der Waals surface area contributed by atoms with Gasteiger partial charge >= 0.3 is 6.09 Å². The highest BCUT2D eigenvalue weighted by atomic mass is 16.6. The van der Waals surface area contributed by atoms with Crippen molar-refractivity contribution in [2.45, 2.75) is 84.9 Å². The third kappa shape index (κ3) is 5.85. The molecule has 0 radical (unpaired) electrons. The van der Waals surface area contributed by atoms with Gasteiger partial charge in [-0.2, -0.15) is 0 Å². The van der Waals surface area contributed by atoms with E-state index >= 15 is 0 Å². The molecule has 2 unspecified atom stereocenters. The van der Waals surface area contributed by atoms with E-state index in [1.54, 1.807) is 0 Å². The quantitative estimate of drug-likeness (QED) is 0.839. The summed E-state index contributed by atoms with van der Waals surface area (Å²) in [4.78, 5) is 14.2. The SMILES string of the molecule is CCC(CC)CNC1CCCN(C(=O)OC(C)(C)C)C1C. The van der Waals surface area contributed by atoms with Crippen molar-refractivity contribution < 1.29 is 9.53 Å². The fourth-order valence-electron chi connectivity index (χ4n) is 2.89. The van der Waals surface area contributed by atoms with Gasteiger partial charge in [-0.3, -0.25) is 0 Å². The number of nitrogens with zero attached hydrogens (tertiary/aromatic N) is 1. The van der Waals surface area contributed by atoms with Crippen molar-refractivity contribution in [3.05, 3.63) is 0 Å². The molecule has 21 heavy (non-hydrogen) atoms. The third-order valence-corrected chi connectivity index (χ3v) is 4.44. The van der Waals surface area contributed by atoms with E-state index in [1.807, 2.05) is 25.7 Å². The fraction of sp³-hybridized carbons (Fsp3) is 0.941. The molecular formula is C17H34N2O2. The lowest BCUT2D eigenvalue weighted by Gasteiger charge is -2.40. The molecule has 124 valence electrons. The zero-order valence-electron chi connectivity index (χ0n) is 14.7. The smallest absolute Gasteiger partial charge is 0.410 e. The summed E-state index contributed by atoms with van der Waals surface area (Å²) in [5.74, 6) is 0.731. The van der Waals surface area contributed by atoms with Crippen LogP contribution in [0.4, 0.5) is 4.79 Å². The van der Waals surface area contributed by atoms with Gasteiger partial charge in [0.1, 0.15) is 5.60 Å². The van der Waals surface area contributed by atoms with Gasteiger partial charge in [0.25, 0.3) is 0 Å². The van der Waals surface area contributed by atoms with Crippen LogP contribution in [0.3, 0.4) is 0 Å². The summed E-state index contributed by atoms with van der Waals surface area (Å²) >= 11 is 0. The van der Waals surface area contributed by atoms with Gasteiger partial charge in [0.05, 0.1) is 0 Å². The molecule has 0 aromatic heterocycles. The first-order chi connectivity index (χ1) is 9.78. The molecule has 4 nitrogen and oxygen atoms in total. The fourth-order valence-corrected chi connectivity index (χ4v) is 2.89. The first-order valence-electron chi connectivity index (χ1n) is 8.51. The molecule has 2 atom stereocenters. The molecular weight excluding hydrogens is 264 g/mol. The summed E-state index contributed by atoms with van der Waals surface area (Å²) in [5.41, 5.74) is -0.424. The van der Waals surface area contributed by atoms with Gasteiger partial charge in [0.15, 0.2) is 0 Å². The molecule has 4 heteroatoms. The van der Waals surface area contributed by atoms with E-state index in [-0.39, 0.29) is 12.1 Å². The lowest BCUT2D eigenvalue weighted by Crippen LogP contribution is -2.55. The monoisotopic (exact) mass is 298 g/mol. The second-order valence-electron chi connectivity index (χ2n) is 7.25. The molecule has 0 bridgehead atoms. The number of rotatable bonds is 5. The summed E-state index contributed by atoms with van der Waals surface area (Å²) in [6.07, 6.45) is 4.43. The third-order valence-electron chi connectivity index (χ3n) is 4.44. The average molecular weight is 298 g/mol. The lowest BCUT2D eigenvalue weighted by molar-refractivity contribution is 0.00685. The number of piperidine rings is 1. The van der Waals surface area contributed by atoms with Crippen molar-refractivity contribution in [3.63, 3.8) is 0 Å². The standard InChI is InChI=1S/C17H34N2O2/c1-7-14(8-2)12-18-15-10-9-11-19(13(15)3)16(20)21-17(4,5)6/h13-15,18H,7-12H2,1-6H3. The van der Waals surface area contributed by atoms with Crippen LogP contribution >= 0.6 is 0 Å². The Kier molecular flexibility index (Phi) is 6.98. The first kappa shape index (κ1) is 18.3. The van der Waals surface area contributed by atoms with E-state index < -0.39 is 5.60 Å². The molecule has 1 aliphatic heterocycles. The number of carbonyl (C=O) groups excluding carboxylic acids is 1. The summed E-state index contributed by atoms with van der Waals surface area (Å²) in [5, 5.41) is 3.67. The minimum Gasteiger partial charge on any atom is -0.444 e. The van der Waals surface area contributed by atoms with Crippen molar-refractivity contribution in [2.75, 3.05) is 13.1 Å². The molecule has 0 aromatic carbocycles. The topological polar surface area (TPSA) is 41.6 Å². The molecule has 1 N–H and O–H groups in total. The van der Waals surface area contributed by atoms with E-state index in [0.29, 0.717) is 6.04 Å². The second-order valence-corrected chi connectivity index (χ2v) is 7.25. The van der Waals surface area contributed by atoms with E-state index in [9.17, 15) is 4.79 Å². The van der Waals surface area contributed by atoms with Crippen LogP contribution in [0.25, 0.3) is 0 Å². The van der Waals surface area contributed by atoms with Crippen LogP contribution in [0.2, 0.25) is 0 Å². The van der Waals surface area contributed by atoms with Crippen LogP contribution in [-0.4, -0.2) is 41.8 Å². The molecule has 1 heterocycles. The van der Waals surface area contributed by atoms with Gasteiger partial charge in [-0.1, -0.05) is 26.7 Å². The summed E-state index contributed by atoms with van der Waals surface area (Å²) < 4.78 is 5.52. The molecule has 1 fully saturated rings. The van der Waals surface area contributed by atoms with Crippen LogP contribution in [0.5, 0.6) is 0 Å². The van der Waals surface area contributed by atoms with Crippen molar-refractivity contribution >= 4 is 6.09 Å². The van der Waals surface area contributed by atoms with Gasteiger partial charge in [-0.15, -0.1) is 0 Å². The molecule has 0 spiro atoms. The number of nitrogens with one attached hydrogen (secondary N) is 1. The predicted molar refractivity (Wildman–Crippen MR) is 87.5 cm³/mol. The number of hydrogen-bond donors (Lipinski definition) is 1. The number of likely N-dealkylation sites (tertiary alicyclic amines) is 1. The van der Waals surface area contributed by atoms with Crippen LogP contribution in [-0.2, 0) is 4.74 Å². The van der Waals surface area contributed by atoms with Crippen molar-refractivity contribution in [2.24, 2.45) is 5.92 Å². The molecule has 1 rings (SSSR count). The number of carbonyl (C=O) groups is 1. The zero-order chi connectivity index (χ0) is 16.0. The van der Waals surface area contributed by atoms with Crippen LogP contribution < -0.4 is 5.32 Å². The zero-order valence-corrected chi connectivity index (χ0v) is 14.7. The van der Waals surface area contributed by atoms with Gasteiger partial charge in [-0.25, -0.2) is 4.79 Å². The minimum absolute atomic E-state index is 0.177. The van der Waals surface area contributed by atoms with Crippen molar-refractivity contribution in [3.8, 4) is 0 Å². The maximum absolute atomic E-state index is 12.3. The molecule has 0 aromatic rings. The molecule has 1 saturated heterocycles. The van der Waals surface area contributed by atoms with Gasteiger partial charge in [0.2, 0.25) is 0 Å². The Morgan fingerprint density at radius 3 is 2.48 bits per heavy atom. The van der Waals surface area contributed by atoms with E-state index in [0.717, 1.165) is 31.8 Å². The minimum atomic E-state index is -0.424. The Labute approximate surface area is 130 Å². The highest BCUT2D eigenvalue weighted by Crippen LogP contribution is 2.21. The number of ether oxygens (including phenoxy) is 1. The summed E-state index contributed by atoms with van der Waals surface area (Å²) in [6.45, 7) is 14.2. The highest BCUT2D eigenvalue weighted by Gasteiger charge is 2.33. The predicted octanol–water partition coefficient (Wildman–Crippen LogP) is 3.80. The Hall–Kier alpha value is -0.770. The van der Waals surface area contributed by atoms with Gasteiger partial charge in [-0.05, 0) is 53.0 Å². The van der Waals surface area contributed by atoms with Gasteiger partial charge < -0.3 is 15.0 Å². The van der Waals surface area contributed by atoms with Crippen molar-refractivity contribution in [1.82, 2.24) is 10.2 Å². The summed E-state index contributed by atoms with van der Waals surface area (Å²) in [7, 11) is 0. The second kappa shape index (κ2) is 8.02. The summed E-state index contributed by atoms with van der Waals surface area (Å²) in [6, 6.07) is 0.579. The number of amides is 1. The Bertz CT molecular complexity index is 321. The van der Waals surface area contributed by atoms with E-state index in [4.69, 9.17) is 4.74 Å². The Balaban J connectivity index is 2.55. The number of hydrogen-bond acceptors (Lipinski definition) is 3. The Morgan fingerprint density at radius 2 is 1.95 bits per heavy atom. The molecule has 0 aliphatic carbocycles. The van der Waals surface area contributed by atoms with Gasteiger partial charge in [0, 0.05) is 18.6 Å². The Morgan fingerprint density at radius 1 is 1.33 bits per heavy atom. The highest BCUT2D eigenvalue weighted by molar-refractivity contribution is 5.68. The van der Waals surface area contributed by atoms with Crippen molar-refractivity contribution in [1.29, 1.82) is 0 Å². The maximum atomic E-state index is 12.3.